The van der Waals surface area contributed by atoms with Crippen molar-refractivity contribution in [3.63, 3.8) is 0 Å². The number of ketones is 1. The summed E-state index contributed by atoms with van der Waals surface area (Å²) < 4.78 is 0.862. The Hall–Kier alpha value is -1.13. The summed E-state index contributed by atoms with van der Waals surface area (Å²) in [6, 6.07) is 7.33. The first-order valence-electron chi connectivity index (χ1n) is 5.16. The van der Waals surface area contributed by atoms with Gasteiger partial charge in [0.2, 0.25) is 5.78 Å². The first kappa shape index (κ1) is 12.3. The van der Waals surface area contributed by atoms with Crippen LogP contribution >= 0.6 is 27.3 Å². The van der Waals surface area contributed by atoms with Crippen molar-refractivity contribution in [3.8, 4) is 0 Å². The van der Waals surface area contributed by atoms with Gasteiger partial charge in [0, 0.05) is 20.6 Å². The van der Waals surface area contributed by atoms with Crippen LogP contribution < -0.4 is 5.73 Å². The van der Waals surface area contributed by atoms with Crippen LogP contribution in [0.4, 0.5) is 5.69 Å². The lowest BCUT2D eigenvalue weighted by molar-refractivity contribution is 0.104. The Morgan fingerprint density at radius 1 is 1.29 bits per heavy atom. The molecule has 2 aromatic rings. The molecule has 0 aliphatic rings. The van der Waals surface area contributed by atoms with Gasteiger partial charge < -0.3 is 5.73 Å². The van der Waals surface area contributed by atoms with E-state index in [0.29, 0.717) is 11.3 Å². The van der Waals surface area contributed by atoms with E-state index >= 15 is 0 Å². The molecule has 0 radical (unpaired) electrons. The van der Waals surface area contributed by atoms with E-state index in [0.717, 1.165) is 19.8 Å². The molecular weight excluding hydrogens is 298 g/mol. The van der Waals surface area contributed by atoms with Crippen molar-refractivity contribution >= 4 is 38.7 Å². The zero-order valence-corrected chi connectivity index (χ0v) is 12.0. The number of carbonyl (C=O) groups is 1. The van der Waals surface area contributed by atoms with Crippen LogP contribution in [0.3, 0.4) is 0 Å². The number of aryl methyl sites for hydroxylation is 2. The van der Waals surface area contributed by atoms with Gasteiger partial charge in [-0.2, -0.15) is 0 Å². The molecule has 0 bridgehead atoms. The summed E-state index contributed by atoms with van der Waals surface area (Å²) >= 11 is 4.92. The third-order valence-electron chi connectivity index (χ3n) is 2.51. The minimum Gasteiger partial charge on any atom is -0.399 e. The quantitative estimate of drug-likeness (QED) is 0.674. The summed E-state index contributed by atoms with van der Waals surface area (Å²) in [6.07, 6.45) is 0. The summed E-state index contributed by atoms with van der Waals surface area (Å²) in [5.41, 5.74) is 7.98. The molecule has 0 saturated heterocycles. The molecule has 0 aliphatic heterocycles. The molecule has 1 aromatic heterocycles. The predicted octanol–water partition coefficient (Wildman–Crippen LogP) is 3.94. The number of nitrogen functional groups attached to an aromatic ring is 1. The Morgan fingerprint density at radius 2 is 2.00 bits per heavy atom. The SMILES string of the molecule is Cc1cc(Br)c(C(=O)c2ccc(N)cc2C)s1. The summed E-state index contributed by atoms with van der Waals surface area (Å²) in [4.78, 5) is 14.2. The second kappa shape index (κ2) is 4.63. The van der Waals surface area contributed by atoms with Gasteiger partial charge in [0.15, 0.2) is 0 Å². The lowest BCUT2D eigenvalue weighted by Crippen LogP contribution is -2.02. The monoisotopic (exact) mass is 309 g/mol. The second-order valence-electron chi connectivity index (χ2n) is 3.94. The van der Waals surface area contributed by atoms with Crippen LogP contribution in [0.2, 0.25) is 0 Å². The topological polar surface area (TPSA) is 43.1 Å². The molecule has 0 spiro atoms. The number of benzene rings is 1. The first-order valence-corrected chi connectivity index (χ1v) is 6.76. The number of anilines is 1. The lowest BCUT2D eigenvalue weighted by atomic mass is 10.0. The molecular formula is C13H12BrNOS. The van der Waals surface area contributed by atoms with E-state index < -0.39 is 0 Å². The minimum absolute atomic E-state index is 0.0486. The van der Waals surface area contributed by atoms with Crippen LogP contribution in [0.5, 0.6) is 0 Å². The van der Waals surface area contributed by atoms with E-state index in [2.05, 4.69) is 15.9 Å². The third kappa shape index (κ3) is 2.42. The molecule has 17 heavy (non-hydrogen) atoms. The molecule has 0 aliphatic carbocycles. The number of carbonyl (C=O) groups excluding carboxylic acids is 1. The normalized spacial score (nSPS) is 10.5. The van der Waals surface area contributed by atoms with Gasteiger partial charge in [-0.3, -0.25) is 4.79 Å². The van der Waals surface area contributed by atoms with Crippen LogP contribution in [0.1, 0.15) is 25.7 Å². The number of nitrogens with two attached hydrogens (primary N) is 1. The van der Waals surface area contributed by atoms with Crippen LogP contribution in [0.15, 0.2) is 28.7 Å². The maximum Gasteiger partial charge on any atom is 0.204 e. The van der Waals surface area contributed by atoms with Crippen LogP contribution in [0, 0.1) is 13.8 Å². The summed E-state index contributed by atoms with van der Waals surface area (Å²) in [7, 11) is 0. The highest BCUT2D eigenvalue weighted by atomic mass is 79.9. The van der Waals surface area contributed by atoms with Crippen molar-refractivity contribution in [1.29, 1.82) is 0 Å². The van der Waals surface area contributed by atoms with E-state index in [1.165, 1.54) is 11.3 Å². The van der Waals surface area contributed by atoms with E-state index in [4.69, 9.17) is 5.73 Å². The van der Waals surface area contributed by atoms with Crippen LogP contribution in [-0.4, -0.2) is 5.78 Å². The fourth-order valence-corrected chi connectivity index (χ4v) is 3.48. The smallest absolute Gasteiger partial charge is 0.204 e. The number of thiophene rings is 1. The summed E-state index contributed by atoms with van der Waals surface area (Å²) in [5.74, 6) is 0.0486. The molecule has 2 nitrogen and oxygen atoms in total. The standard InChI is InChI=1S/C13H12BrNOS/c1-7-5-9(15)3-4-10(7)12(16)13-11(14)6-8(2)17-13/h3-6H,15H2,1-2H3. The van der Waals surface area contributed by atoms with Gasteiger partial charge in [0.05, 0.1) is 4.88 Å². The van der Waals surface area contributed by atoms with Gasteiger partial charge in [-0.25, -0.2) is 0 Å². The van der Waals surface area contributed by atoms with Crippen molar-refractivity contribution in [2.75, 3.05) is 5.73 Å². The molecule has 2 rings (SSSR count). The van der Waals surface area contributed by atoms with E-state index in [1.807, 2.05) is 26.0 Å². The van der Waals surface area contributed by atoms with Crippen molar-refractivity contribution in [1.82, 2.24) is 0 Å². The molecule has 0 atom stereocenters. The zero-order valence-electron chi connectivity index (χ0n) is 9.58. The fraction of sp³-hybridized carbons (Fsp3) is 0.154. The molecule has 0 fully saturated rings. The molecule has 4 heteroatoms. The molecule has 1 aromatic carbocycles. The van der Waals surface area contributed by atoms with E-state index in [9.17, 15) is 4.79 Å². The Labute approximate surface area is 113 Å². The first-order chi connectivity index (χ1) is 7.99. The van der Waals surface area contributed by atoms with E-state index in [1.54, 1.807) is 12.1 Å². The Kier molecular flexibility index (Phi) is 3.35. The number of halogens is 1. The number of hydrogen-bond acceptors (Lipinski definition) is 3. The summed E-state index contributed by atoms with van der Waals surface area (Å²) in [6.45, 7) is 3.89. The van der Waals surface area contributed by atoms with E-state index in [-0.39, 0.29) is 5.78 Å². The molecule has 2 N–H and O–H groups in total. The van der Waals surface area contributed by atoms with Gasteiger partial charge in [0.25, 0.3) is 0 Å². The molecule has 88 valence electrons. The Balaban J connectivity index is 2.47. The lowest BCUT2D eigenvalue weighted by Gasteiger charge is -2.04. The largest absolute Gasteiger partial charge is 0.399 e. The Morgan fingerprint density at radius 3 is 2.53 bits per heavy atom. The zero-order chi connectivity index (χ0) is 12.6. The second-order valence-corrected chi connectivity index (χ2v) is 6.05. The van der Waals surface area contributed by atoms with Gasteiger partial charge >= 0.3 is 0 Å². The van der Waals surface area contributed by atoms with Gasteiger partial charge in [-0.15, -0.1) is 11.3 Å². The third-order valence-corrected chi connectivity index (χ3v) is 4.45. The molecule has 0 saturated carbocycles. The van der Waals surface area contributed by atoms with Crippen molar-refractivity contribution in [2.45, 2.75) is 13.8 Å². The molecule has 0 unspecified atom stereocenters. The average molecular weight is 310 g/mol. The van der Waals surface area contributed by atoms with Gasteiger partial charge in [-0.1, -0.05) is 0 Å². The highest BCUT2D eigenvalue weighted by Crippen LogP contribution is 2.30. The van der Waals surface area contributed by atoms with Gasteiger partial charge in [-0.05, 0) is 59.6 Å². The number of hydrogen-bond donors (Lipinski definition) is 1. The predicted molar refractivity (Wildman–Crippen MR) is 75.8 cm³/mol. The van der Waals surface area contributed by atoms with Crippen LogP contribution in [0.25, 0.3) is 0 Å². The average Bonchev–Trinajstić information content (AvgIpc) is 2.57. The highest BCUT2D eigenvalue weighted by molar-refractivity contribution is 9.10. The van der Waals surface area contributed by atoms with Crippen LogP contribution in [-0.2, 0) is 0 Å². The number of rotatable bonds is 2. The highest BCUT2D eigenvalue weighted by Gasteiger charge is 2.17. The van der Waals surface area contributed by atoms with Crippen molar-refractivity contribution in [3.05, 3.63) is 49.6 Å². The maximum atomic E-state index is 12.4. The summed E-state index contributed by atoms with van der Waals surface area (Å²) in [5, 5.41) is 0. The molecule has 1 heterocycles. The fourth-order valence-electron chi connectivity index (χ4n) is 1.70. The minimum atomic E-state index is 0.0486. The van der Waals surface area contributed by atoms with Gasteiger partial charge in [0.1, 0.15) is 0 Å². The molecule has 0 amide bonds. The maximum absolute atomic E-state index is 12.4. The Bertz CT molecular complexity index is 589. The van der Waals surface area contributed by atoms with Crippen molar-refractivity contribution in [2.24, 2.45) is 0 Å². The van der Waals surface area contributed by atoms with Crippen molar-refractivity contribution < 1.29 is 4.79 Å².